The summed E-state index contributed by atoms with van der Waals surface area (Å²) in [6, 6.07) is 15.2. The maximum Gasteiger partial charge on any atom is 0.161 e. The van der Waals surface area contributed by atoms with Crippen LogP contribution in [0.15, 0.2) is 42.5 Å². The molecular formula is C19H23NO2. The normalized spacial score (nSPS) is 17.3. The van der Waals surface area contributed by atoms with E-state index >= 15 is 0 Å². The van der Waals surface area contributed by atoms with Crippen LogP contribution in [0.3, 0.4) is 0 Å². The molecule has 1 N–H and O–H groups in total. The average molecular weight is 297 g/mol. The summed E-state index contributed by atoms with van der Waals surface area (Å²) in [5.74, 6) is 2.20. The molecule has 0 bridgehead atoms. The number of hydrogen-bond acceptors (Lipinski definition) is 3. The van der Waals surface area contributed by atoms with Gasteiger partial charge < -0.3 is 14.8 Å². The van der Waals surface area contributed by atoms with Crippen LogP contribution in [0.25, 0.3) is 0 Å². The summed E-state index contributed by atoms with van der Waals surface area (Å²) in [7, 11) is 3.37. The van der Waals surface area contributed by atoms with Crippen LogP contribution in [-0.4, -0.2) is 20.8 Å². The van der Waals surface area contributed by atoms with Gasteiger partial charge in [0.1, 0.15) is 0 Å². The van der Waals surface area contributed by atoms with Crippen LogP contribution in [0.5, 0.6) is 11.5 Å². The molecule has 0 aliphatic heterocycles. The van der Waals surface area contributed by atoms with Crippen LogP contribution in [0.2, 0.25) is 0 Å². The largest absolute Gasteiger partial charge is 0.493 e. The molecule has 1 aliphatic rings. The molecule has 0 saturated heterocycles. The van der Waals surface area contributed by atoms with Gasteiger partial charge in [-0.15, -0.1) is 0 Å². The van der Waals surface area contributed by atoms with Gasteiger partial charge in [-0.05, 0) is 42.2 Å². The third kappa shape index (κ3) is 2.81. The minimum absolute atomic E-state index is 0.366. The van der Waals surface area contributed by atoms with Gasteiger partial charge in [0.2, 0.25) is 0 Å². The molecule has 1 unspecified atom stereocenters. The Balaban J connectivity index is 1.64. The second kappa shape index (κ2) is 6.41. The zero-order valence-electron chi connectivity index (χ0n) is 13.4. The monoisotopic (exact) mass is 297 g/mol. The molecule has 2 aromatic rings. The first kappa shape index (κ1) is 14.9. The van der Waals surface area contributed by atoms with E-state index in [-0.39, 0.29) is 0 Å². The maximum atomic E-state index is 5.40. The van der Waals surface area contributed by atoms with Crippen LogP contribution in [-0.2, 0) is 6.42 Å². The maximum absolute atomic E-state index is 5.40. The van der Waals surface area contributed by atoms with Crippen molar-refractivity contribution in [2.24, 2.45) is 0 Å². The molecule has 116 valence electrons. The first-order valence-electron chi connectivity index (χ1n) is 7.76. The van der Waals surface area contributed by atoms with Gasteiger partial charge in [0.15, 0.2) is 11.5 Å². The summed E-state index contributed by atoms with van der Waals surface area (Å²) in [5, 5.41) is 3.64. The van der Waals surface area contributed by atoms with E-state index in [4.69, 9.17) is 9.47 Å². The Morgan fingerprint density at radius 3 is 2.45 bits per heavy atom. The zero-order chi connectivity index (χ0) is 15.5. The third-order valence-corrected chi connectivity index (χ3v) is 4.52. The van der Waals surface area contributed by atoms with Crippen molar-refractivity contribution >= 4 is 0 Å². The molecule has 0 heterocycles. The van der Waals surface area contributed by atoms with Crippen molar-refractivity contribution in [3.63, 3.8) is 0 Å². The first-order valence-corrected chi connectivity index (χ1v) is 7.76. The molecule has 22 heavy (non-hydrogen) atoms. The Kier molecular flexibility index (Phi) is 4.34. The molecule has 0 radical (unpaired) electrons. The van der Waals surface area contributed by atoms with E-state index in [1.807, 2.05) is 0 Å². The molecule has 3 nitrogen and oxygen atoms in total. The highest BCUT2D eigenvalue weighted by Crippen LogP contribution is 2.42. The molecule has 0 saturated carbocycles. The molecule has 0 aromatic heterocycles. The van der Waals surface area contributed by atoms with Gasteiger partial charge in [0.25, 0.3) is 0 Å². The van der Waals surface area contributed by atoms with E-state index in [1.165, 1.54) is 16.7 Å². The molecular weight excluding hydrogens is 274 g/mol. The number of benzene rings is 2. The second-order valence-corrected chi connectivity index (χ2v) is 5.85. The highest BCUT2D eigenvalue weighted by atomic mass is 16.5. The van der Waals surface area contributed by atoms with Crippen molar-refractivity contribution in [2.75, 3.05) is 20.8 Å². The van der Waals surface area contributed by atoms with Crippen molar-refractivity contribution in [3.8, 4) is 11.5 Å². The topological polar surface area (TPSA) is 30.5 Å². The highest BCUT2D eigenvalue weighted by molar-refractivity contribution is 5.53. The van der Waals surface area contributed by atoms with E-state index in [9.17, 15) is 0 Å². The van der Waals surface area contributed by atoms with Crippen LogP contribution >= 0.6 is 0 Å². The first-order chi connectivity index (χ1) is 10.7. The molecule has 0 amide bonds. The van der Waals surface area contributed by atoms with Gasteiger partial charge >= 0.3 is 0 Å². The molecule has 3 rings (SSSR count). The van der Waals surface area contributed by atoms with E-state index in [0.717, 1.165) is 24.5 Å². The van der Waals surface area contributed by atoms with Gasteiger partial charge in [0.05, 0.1) is 14.2 Å². The van der Waals surface area contributed by atoms with Crippen molar-refractivity contribution < 1.29 is 9.47 Å². The van der Waals surface area contributed by atoms with Gasteiger partial charge in [-0.2, -0.15) is 0 Å². The minimum atomic E-state index is 0.366. The van der Waals surface area contributed by atoms with Crippen molar-refractivity contribution in [2.45, 2.75) is 25.3 Å². The fourth-order valence-electron chi connectivity index (χ4n) is 3.10. The van der Waals surface area contributed by atoms with Crippen molar-refractivity contribution in [1.29, 1.82) is 0 Å². The van der Waals surface area contributed by atoms with Gasteiger partial charge in [-0.25, -0.2) is 0 Å². The summed E-state index contributed by atoms with van der Waals surface area (Å²) in [4.78, 5) is 0. The number of fused-ring (bicyclic) bond motifs is 1. The Morgan fingerprint density at radius 1 is 1.09 bits per heavy atom. The lowest BCUT2D eigenvalue weighted by Gasteiger charge is -2.32. The summed E-state index contributed by atoms with van der Waals surface area (Å²) in [6.07, 6.45) is 1.10. The molecule has 2 aromatic carbocycles. The lowest BCUT2D eigenvalue weighted by molar-refractivity contribution is 0.351. The van der Waals surface area contributed by atoms with Crippen LogP contribution in [0.1, 0.15) is 35.6 Å². The Bertz CT molecular complexity index is 639. The summed E-state index contributed by atoms with van der Waals surface area (Å²) < 4.78 is 10.8. The number of ether oxygens (including phenoxy) is 2. The number of nitrogens with one attached hydrogen (secondary N) is 1. The number of methoxy groups -OCH3 is 2. The van der Waals surface area contributed by atoms with E-state index in [1.54, 1.807) is 14.2 Å². The quantitative estimate of drug-likeness (QED) is 0.882. The van der Waals surface area contributed by atoms with Gasteiger partial charge in [-0.3, -0.25) is 0 Å². The van der Waals surface area contributed by atoms with Gasteiger partial charge in [0, 0.05) is 18.5 Å². The van der Waals surface area contributed by atoms with Crippen LogP contribution in [0.4, 0.5) is 0 Å². The smallest absolute Gasteiger partial charge is 0.161 e. The van der Waals surface area contributed by atoms with E-state index in [0.29, 0.717) is 12.0 Å². The fraction of sp³-hybridized carbons (Fsp3) is 0.368. The van der Waals surface area contributed by atoms with Crippen LogP contribution < -0.4 is 14.8 Å². The van der Waals surface area contributed by atoms with Gasteiger partial charge in [-0.1, -0.05) is 30.3 Å². The second-order valence-electron chi connectivity index (χ2n) is 5.85. The highest BCUT2D eigenvalue weighted by Gasteiger charge is 2.28. The molecule has 0 fully saturated rings. The zero-order valence-corrected chi connectivity index (χ0v) is 13.4. The molecule has 2 atom stereocenters. The van der Waals surface area contributed by atoms with Crippen LogP contribution in [0, 0.1) is 0 Å². The van der Waals surface area contributed by atoms with E-state index < -0.39 is 0 Å². The standard InChI is InChI=1S/C19H23NO2/c1-13(14-7-5-4-6-8-14)20-12-16-9-15-10-18(21-2)19(22-3)11-17(15)16/h4-8,10-11,13,16,20H,9,12H2,1-3H3/t13?,16-/m1/s1. The van der Waals surface area contributed by atoms with Crippen molar-refractivity contribution in [1.82, 2.24) is 5.32 Å². The Morgan fingerprint density at radius 2 is 1.77 bits per heavy atom. The average Bonchev–Trinajstić information content (AvgIpc) is 2.56. The summed E-state index contributed by atoms with van der Waals surface area (Å²) in [6.45, 7) is 3.20. The van der Waals surface area contributed by atoms with Crippen molar-refractivity contribution in [3.05, 3.63) is 59.2 Å². The molecule has 1 aliphatic carbocycles. The summed E-state index contributed by atoms with van der Waals surface area (Å²) >= 11 is 0. The lowest BCUT2D eigenvalue weighted by atomic mass is 9.77. The Labute approximate surface area is 132 Å². The summed E-state index contributed by atoms with van der Waals surface area (Å²) in [5.41, 5.74) is 4.08. The number of rotatable bonds is 6. The number of hydrogen-bond donors (Lipinski definition) is 1. The predicted octanol–water partition coefficient (Wildman–Crippen LogP) is 3.69. The Hall–Kier alpha value is -2.00. The molecule has 0 spiro atoms. The minimum Gasteiger partial charge on any atom is -0.493 e. The third-order valence-electron chi connectivity index (χ3n) is 4.52. The SMILES string of the molecule is COc1cc2c(cc1OC)[C@@H](CNC(C)c1ccccc1)C2. The predicted molar refractivity (Wildman–Crippen MR) is 88.9 cm³/mol. The lowest BCUT2D eigenvalue weighted by Crippen LogP contribution is -2.31. The van der Waals surface area contributed by atoms with E-state index in [2.05, 4.69) is 54.7 Å². The fourth-order valence-corrected chi connectivity index (χ4v) is 3.10. The molecule has 3 heteroatoms.